The van der Waals surface area contributed by atoms with Crippen LogP contribution in [0.15, 0.2) is 18.3 Å². The molecular weight excluding hydrogens is 299 g/mol. The van der Waals surface area contributed by atoms with Crippen molar-refractivity contribution < 1.29 is 13.9 Å². The van der Waals surface area contributed by atoms with E-state index in [2.05, 4.69) is 15.4 Å². The summed E-state index contributed by atoms with van der Waals surface area (Å²) in [7, 11) is 1.81. The quantitative estimate of drug-likeness (QED) is 0.938. The highest BCUT2D eigenvalue weighted by atomic mass is 19.1. The van der Waals surface area contributed by atoms with Crippen LogP contribution in [0.4, 0.5) is 4.39 Å². The van der Waals surface area contributed by atoms with Gasteiger partial charge in [-0.3, -0.25) is 14.5 Å². The highest BCUT2D eigenvalue weighted by Crippen LogP contribution is 2.31. The molecule has 2 aromatic heterocycles. The highest BCUT2D eigenvalue weighted by Gasteiger charge is 2.31. The van der Waals surface area contributed by atoms with E-state index in [9.17, 15) is 9.18 Å². The van der Waals surface area contributed by atoms with Crippen molar-refractivity contribution >= 4 is 5.91 Å². The summed E-state index contributed by atoms with van der Waals surface area (Å²) in [6.07, 6.45) is 1.74. The van der Waals surface area contributed by atoms with Crippen LogP contribution in [0.3, 0.4) is 0 Å². The lowest BCUT2D eigenvalue weighted by atomic mass is 9.99. The molecule has 0 unspecified atom stereocenters. The van der Waals surface area contributed by atoms with Gasteiger partial charge < -0.3 is 10.1 Å². The minimum absolute atomic E-state index is 0.0482. The first-order valence-corrected chi connectivity index (χ1v) is 7.55. The van der Waals surface area contributed by atoms with Crippen LogP contribution in [0.2, 0.25) is 0 Å². The van der Waals surface area contributed by atoms with Gasteiger partial charge in [0.1, 0.15) is 5.82 Å². The lowest BCUT2D eigenvalue weighted by Crippen LogP contribution is -2.27. The second-order valence-electron chi connectivity index (χ2n) is 5.78. The van der Waals surface area contributed by atoms with Crippen LogP contribution in [0.25, 0.3) is 0 Å². The molecule has 7 heteroatoms. The molecule has 1 N–H and O–H groups in total. The van der Waals surface area contributed by atoms with Gasteiger partial charge in [-0.25, -0.2) is 4.39 Å². The zero-order valence-electron chi connectivity index (χ0n) is 13.3. The number of carbonyl (C=O) groups excluding carboxylic acids is 1. The van der Waals surface area contributed by atoms with E-state index in [0.717, 1.165) is 17.5 Å². The molecule has 0 radical (unpaired) electrons. The van der Waals surface area contributed by atoms with Gasteiger partial charge in [-0.15, -0.1) is 0 Å². The number of amides is 1. The highest BCUT2D eigenvalue weighted by molar-refractivity contribution is 5.94. The molecule has 0 bridgehead atoms. The first kappa shape index (κ1) is 15.6. The molecule has 0 saturated heterocycles. The third-order valence-corrected chi connectivity index (χ3v) is 3.94. The lowest BCUT2D eigenvalue weighted by Gasteiger charge is -2.26. The minimum atomic E-state index is -0.401. The molecule has 0 aromatic carbocycles. The Morgan fingerprint density at radius 1 is 1.48 bits per heavy atom. The molecular formula is C16H19FN4O2. The molecule has 0 saturated carbocycles. The molecule has 2 aromatic rings. The third-order valence-electron chi connectivity index (χ3n) is 3.94. The van der Waals surface area contributed by atoms with Gasteiger partial charge >= 0.3 is 0 Å². The second kappa shape index (κ2) is 6.08. The van der Waals surface area contributed by atoms with Gasteiger partial charge in [0.15, 0.2) is 5.69 Å². The summed E-state index contributed by atoms with van der Waals surface area (Å²) in [6, 6.07) is 2.86. The number of hydrogen-bond acceptors (Lipinski definition) is 4. The van der Waals surface area contributed by atoms with E-state index >= 15 is 0 Å². The van der Waals surface area contributed by atoms with Crippen molar-refractivity contribution in [1.82, 2.24) is 20.1 Å². The van der Waals surface area contributed by atoms with Crippen LogP contribution in [0.5, 0.6) is 0 Å². The smallest absolute Gasteiger partial charge is 0.272 e. The molecule has 6 nitrogen and oxygen atoms in total. The van der Waals surface area contributed by atoms with Crippen LogP contribution in [-0.4, -0.2) is 26.8 Å². The maximum Gasteiger partial charge on any atom is 0.272 e. The summed E-state index contributed by atoms with van der Waals surface area (Å²) >= 11 is 0. The predicted octanol–water partition coefficient (Wildman–Crippen LogP) is 1.91. The average Bonchev–Trinajstić information content (AvgIpc) is 2.83. The normalized spacial score (nSPS) is 20.2. The molecule has 2 atom stereocenters. The average molecular weight is 318 g/mol. The fourth-order valence-electron chi connectivity index (χ4n) is 2.99. The lowest BCUT2D eigenvalue weighted by molar-refractivity contribution is -0.00903. The number of nitrogens with one attached hydrogen (secondary N) is 1. The molecule has 1 aliphatic heterocycles. The van der Waals surface area contributed by atoms with Crippen molar-refractivity contribution in [3.63, 3.8) is 0 Å². The number of pyridine rings is 1. The number of halogens is 1. The first-order chi connectivity index (χ1) is 11.0. The Labute approximate surface area is 133 Å². The number of carbonyl (C=O) groups is 1. The standard InChI is InChI=1S/C16H19FN4O2/c1-9-6-13-14(20-21(3)15(13)10(2)23-9)16(22)19-8-12-5-4-11(17)7-18-12/h4-5,7,9-10H,6,8H2,1-3H3,(H,19,22)/t9-,10+/m1/s1. The Morgan fingerprint density at radius 3 is 2.96 bits per heavy atom. The summed E-state index contributed by atoms with van der Waals surface area (Å²) in [6.45, 7) is 4.17. The Balaban J connectivity index is 1.78. The van der Waals surface area contributed by atoms with E-state index in [0.29, 0.717) is 17.8 Å². The van der Waals surface area contributed by atoms with Crippen LogP contribution in [0, 0.1) is 5.82 Å². The van der Waals surface area contributed by atoms with Gasteiger partial charge in [0.05, 0.1) is 36.3 Å². The van der Waals surface area contributed by atoms with Crippen LogP contribution >= 0.6 is 0 Å². The fraction of sp³-hybridized carbons (Fsp3) is 0.438. The number of aryl methyl sites for hydroxylation is 1. The fourth-order valence-corrected chi connectivity index (χ4v) is 2.99. The van der Waals surface area contributed by atoms with E-state index in [1.807, 2.05) is 20.9 Å². The molecule has 0 fully saturated rings. The van der Waals surface area contributed by atoms with E-state index in [1.54, 1.807) is 10.7 Å². The minimum Gasteiger partial charge on any atom is -0.369 e. The summed E-state index contributed by atoms with van der Waals surface area (Å²) in [5.74, 6) is -0.656. The number of hydrogen-bond donors (Lipinski definition) is 1. The summed E-state index contributed by atoms with van der Waals surface area (Å²) in [5, 5.41) is 7.13. The summed E-state index contributed by atoms with van der Waals surface area (Å²) < 4.78 is 20.3. The molecule has 1 amide bonds. The Morgan fingerprint density at radius 2 is 2.26 bits per heavy atom. The largest absolute Gasteiger partial charge is 0.369 e. The monoisotopic (exact) mass is 318 g/mol. The maximum atomic E-state index is 12.8. The summed E-state index contributed by atoms with van der Waals surface area (Å²) in [4.78, 5) is 16.4. The number of rotatable bonds is 3. The van der Waals surface area contributed by atoms with Crippen molar-refractivity contribution in [3.8, 4) is 0 Å². The molecule has 3 rings (SSSR count). The van der Waals surface area contributed by atoms with Gasteiger partial charge in [0.25, 0.3) is 5.91 Å². The Kier molecular flexibility index (Phi) is 4.12. The number of aromatic nitrogens is 3. The number of fused-ring (bicyclic) bond motifs is 1. The van der Waals surface area contributed by atoms with Crippen molar-refractivity contribution in [2.24, 2.45) is 7.05 Å². The van der Waals surface area contributed by atoms with E-state index in [-0.39, 0.29) is 24.7 Å². The maximum absolute atomic E-state index is 12.8. The number of ether oxygens (including phenoxy) is 1. The van der Waals surface area contributed by atoms with Crippen LogP contribution in [-0.2, 0) is 24.8 Å². The Bertz CT molecular complexity index is 726. The topological polar surface area (TPSA) is 69.0 Å². The first-order valence-electron chi connectivity index (χ1n) is 7.55. The molecule has 0 aliphatic carbocycles. The van der Waals surface area contributed by atoms with E-state index < -0.39 is 5.82 Å². The van der Waals surface area contributed by atoms with Gasteiger partial charge in [-0.1, -0.05) is 0 Å². The molecule has 3 heterocycles. The summed E-state index contributed by atoms with van der Waals surface area (Å²) in [5.41, 5.74) is 2.89. The van der Waals surface area contributed by atoms with Gasteiger partial charge in [0.2, 0.25) is 0 Å². The molecule has 1 aliphatic rings. The third kappa shape index (κ3) is 3.10. The molecule has 122 valence electrons. The molecule has 23 heavy (non-hydrogen) atoms. The van der Waals surface area contributed by atoms with E-state index in [4.69, 9.17) is 4.74 Å². The zero-order chi connectivity index (χ0) is 16.6. The van der Waals surface area contributed by atoms with Crippen molar-refractivity contribution in [2.45, 2.75) is 39.0 Å². The second-order valence-corrected chi connectivity index (χ2v) is 5.78. The molecule has 0 spiro atoms. The van der Waals surface area contributed by atoms with Crippen molar-refractivity contribution in [2.75, 3.05) is 0 Å². The van der Waals surface area contributed by atoms with Crippen LogP contribution < -0.4 is 5.32 Å². The zero-order valence-corrected chi connectivity index (χ0v) is 13.3. The SMILES string of the molecule is C[C@@H]1Cc2c(C(=O)NCc3ccc(F)cn3)nn(C)c2[C@H](C)O1. The van der Waals surface area contributed by atoms with Crippen molar-refractivity contribution in [1.29, 1.82) is 0 Å². The van der Waals surface area contributed by atoms with E-state index in [1.165, 1.54) is 6.07 Å². The van der Waals surface area contributed by atoms with Gasteiger partial charge in [-0.05, 0) is 26.0 Å². The predicted molar refractivity (Wildman–Crippen MR) is 81.2 cm³/mol. The van der Waals surface area contributed by atoms with Crippen molar-refractivity contribution in [3.05, 3.63) is 46.8 Å². The Hall–Kier alpha value is -2.28. The van der Waals surface area contributed by atoms with Gasteiger partial charge in [0, 0.05) is 19.0 Å². The van der Waals surface area contributed by atoms with Crippen LogP contribution in [0.1, 0.15) is 47.4 Å². The number of nitrogens with zero attached hydrogens (tertiary/aromatic N) is 3. The van der Waals surface area contributed by atoms with Gasteiger partial charge in [-0.2, -0.15) is 5.10 Å².